The quantitative estimate of drug-likeness (QED) is 0.592. The van der Waals surface area contributed by atoms with E-state index in [0.717, 1.165) is 5.56 Å². The number of ether oxygens (including phenoxy) is 1. The highest BCUT2D eigenvalue weighted by atomic mass is 32.1. The van der Waals surface area contributed by atoms with Gasteiger partial charge >= 0.3 is 12.0 Å². The summed E-state index contributed by atoms with van der Waals surface area (Å²) in [7, 11) is 0. The second-order valence-electron chi connectivity index (χ2n) is 5.34. The number of anilines is 1. The summed E-state index contributed by atoms with van der Waals surface area (Å²) in [4.78, 5) is 39.0. The first-order chi connectivity index (χ1) is 13.0. The number of nitrogens with zero attached hydrogens (tertiary/aromatic N) is 1. The van der Waals surface area contributed by atoms with Crippen LogP contribution in [-0.2, 0) is 27.3 Å². The molecule has 1 aromatic carbocycles. The molecule has 0 bridgehead atoms. The van der Waals surface area contributed by atoms with Crippen LogP contribution in [0.1, 0.15) is 18.2 Å². The maximum atomic E-state index is 12.8. The third-order valence-electron chi connectivity index (χ3n) is 3.20. The highest BCUT2D eigenvalue weighted by Crippen LogP contribution is 2.15. The number of esters is 1. The first-order valence-corrected chi connectivity index (χ1v) is 9.00. The van der Waals surface area contributed by atoms with Crippen molar-refractivity contribution in [2.45, 2.75) is 19.9 Å². The Morgan fingerprint density at radius 3 is 2.63 bits per heavy atom. The Morgan fingerprint density at radius 2 is 1.93 bits per heavy atom. The summed E-state index contributed by atoms with van der Waals surface area (Å²) in [5, 5.41) is 9.48. The lowest BCUT2D eigenvalue weighted by Gasteiger charge is -2.07. The van der Waals surface area contributed by atoms with Crippen molar-refractivity contribution in [1.29, 1.82) is 0 Å². The zero-order valence-electron chi connectivity index (χ0n) is 14.6. The number of rotatable bonds is 8. The minimum Gasteiger partial charge on any atom is -0.466 e. The Hall–Kier alpha value is -3.01. The molecule has 0 aliphatic rings. The average molecular weight is 394 g/mol. The Balaban J connectivity index is 1.69. The molecule has 0 aliphatic heterocycles. The number of benzene rings is 1. The lowest BCUT2D eigenvalue weighted by Crippen LogP contribution is -2.39. The van der Waals surface area contributed by atoms with Crippen LogP contribution in [-0.4, -0.2) is 36.0 Å². The molecule has 0 saturated heterocycles. The van der Waals surface area contributed by atoms with Crippen molar-refractivity contribution in [2.75, 3.05) is 18.5 Å². The van der Waals surface area contributed by atoms with Gasteiger partial charge in [-0.3, -0.25) is 9.59 Å². The van der Waals surface area contributed by atoms with Gasteiger partial charge in [0.25, 0.3) is 0 Å². The Morgan fingerprint density at radius 1 is 1.19 bits per heavy atom. The number of amides is 3. The van der Waals surface area contributed by atoms with Gasteiger partial charge in [-0.25, -0.2) is 14.2 Å². The molecule has 3 amide bonds. The predicted octanol–water partition coefficient (Wildman–Crippen LogP) is 1.83. The molecule has 8 nitrogen and oxygen atoms in total. The lowest BCUT2D eigenvalue weighted by molar-refractivity contribution is -0.142. The molecule has 1 heterocycles. The fourth-order valence-corrected chi connectivity index (χ4v) is 2.70. The van der Waals surface area contributed by atoms with Gasteiger partial charge in [0.15, 0.2) is 5.13 Å². The van der Waals surface area contributed by atoms with Crippen LogP contribution in [0.3, 0.4) is 0 Å². The van der Waals surface area contributed by atoms with Crippen molar-refractivity contribution < 1.29 is 23.5 Å². The molecule has 0 radical (unpaired) electrons. The molecule has 0 saturated carbocycles. The molecule has 1 aromatic heterocycles. The van der Waals surface area contributed by atoms with Crippen molar-refractivity contribution >= 4 is 34.4 Å². The standard InChI is InChI=1S/C17H19FN4O4S/c1-2-26-15(24)7-13-10-27-17(21-13)22-14(23)9-20-16(25)19-8-11-3-5-12(18)6-4-11/h3-6,10H,2,7-9H2,1H3,(H2,19,20,25)(H,21,22,23). The van der Waals surface area contributed by atoms with Gasteiger partial charge in [0.1, 0.15) is 5.82 Å². The average Bonchev–Trinajstić information content (AvgIpc) is 3.06. The molecular weight excluding hydrogens is 375 g/mol. The summed E-state index contributed by atoms with van der Waals surface area (Å²) in [6, 6.07) is 5.17. The van der Waals surface area contributed by atoms with Crippen molar-refractivity contribution in [1.82, 2.24) is 15.6 Å². The zero-order valence-corrected chi connectivity index (χ0v) is 15.4. The summed E-state index contributed by atoms with van der Waals surface area (Å²) < 4.78 is 17.6. The number of carbonyl (C=O) groups excluding carboxylic acids is 3. The van der Waals surface area contributed by atoms with Gasteiger partial charge in [0.2, 0.25) is 5.91 Å². The van der Waals surface area contributed by atoms with Gasteiger partial charge in [-0.1, -0.05) is 12.1 Å². The lowest BCUT2D eigenvalue weighted by atomic mass is 10.2. The number of aromatic nitrogens is 1. The second-order valence-corrected chi connectivity index (χ2v) is 6.19. The van der Waals surface area contributed by atoms with Gasteiger partial charge in [-0.2, -0.15) is 0 Å². The Labute approximate surface area is 159 Å². The topological polar surface area (TPSA) is 109 Å². The number of urea groups is 1. The molecule has 0 unspecified atom stereocenters. The van der Waals surface area contributed by atoms with E-state index in [4.69, 9.17) is 4.74 Å². The van der Waals surface area contributed by atoms with Crippen molar-refractivity contribution in [2.24, 2.45) is 0 Å². The molecule has 0 spiro atoms. The van der Waals surface area contributed by atoms with Gasteiger partial charge in [-0.15, -0.1) is 11.3 Å². The zero-order chi connectivity index (χ0) is 19.6. The number of halogens is 1. The molecular formula is C17H19FN4O4S. The van der Waals surface area contributed by atoms with E-state index in [1.807, 2.05) is 0 Å². The number of thiazole rings is 1. The highest BCUT2D eigenvalue weighted by Gasteiger charge is 2.11. The normalized spacial score (nSPS) is 10.1. The summed E-state index contributed by atoms with van der Waals surface area (Å²) in [5.74, 6) is -1.20. The second kappa shape index (κ2) is 10.2. The number of carbonyl (C=O) groups is 3. The molecule has 0 atom stereocenters. The van der Waals surface area contributed by atoms with Gasteiger partial charge < -0.3 is 20.7 Å². The molecule has 10 heteroatoms. The van der Waals surface area contributed by atoms with Gasteiger partial charge in [0, 0.05) is 11.9 Å². The van der Waals surface area contributed by atoms with Gasteiger partial charge in [-0.05, 0) is 24.6 Å². The van der Waals surface area contributed by atoms with Crippen molar-refractivity contribution in [3.8, 4) is 0 Å². The van der Waals surface area contributed by atoms with E-state index in [-0.39, 0.29) is 31.3 Å². The third kappa shape index (κ3) is 7.40. The van der Waals surface area contributed by atoms with Crippen LogP contribution in [0.25, 0.3) is 0 Å². The Bertz CT molecular complexity index is 794. The minimum atomic E-state index is -0.531. The van der Waals surface area contributed by atoms with Crippen LogP contribution in [0.2, 0.25) is 0 Å². The summed E-state index contributed by atoms with van der Waals surface area (Å²) in [6.45, 7) is 1.97. The maximum Gasteiger partial charge on any atom is 0.315 e. The predicted molar refractivity (Wildman–Crippen MR) is 97.7 cm³/mol. The van der Waals surface area contributed by atoms with Crippen LogP contribution >= 0.6 is 11.3 Å². The van der Waals surface area contributed by atoms with E-state index >= 15 is 0 Å². The number of nitrogens with one attached hydrogen (secondary N) is 3. The van der Waals surface area contributed by atoms with E-state index in [9.17, 15) is 18.8 Å². The van der Waals surface area contributed by atoms with E-state index < -0.39 is 11.9 Å². The van der Waals surface area contributed by atoms with Crippen LogP contribution < -0.4 is 16.0 Å². The van der Waals surface area contributed by atoms with Crippen LogP contribution in [0, 0.1) is 5.82 Å². The molecule has 144 valence electrons. The SMILES string of the molecule is CCOC(=O)Cc1csc(NC(=O)CNC(=O)NCc2ccc(F)cc2)n1. The number of hydrogen-bond donors (Lipinski definition) is 3. The molecule has 2 aromatic rings. The highest BCUT2D eigenvalue weighted by molar-refractivity contribution is 7.13. The van der Waals surface area contributed by atoms with Crippen LogP contribution in [0.15, 0.2) is 29.6 Å². The Kier molecular flexibility index (Phi) is 7.68. The van der Waals surface area contributed by atoms with E-state index in [1.165, 1.54) is 23.5 Å². The van der Waals surface area contributed by atoms with E-state index in [2.05, 4.69) is 20.9 Å². The first kappa shape index (κ1) is 20.3. The maximum absolute atomic E-state index is 12.8. The summed E-state index contributed by atoms with van der Waals surface area (Å²) >= 11 is 1.17. The number of hydrogen-bond acceptors (Lipinski definition) is 6. The molecule has 27 heavy (non-hydrogen) atoms. The minimum absolute atomic E-state index is 0.0320. The molecule has 0 fully saturated rings. The fraction of sp³-hybridized carbons (Fsp3) is 0.294. The summed E-state index contributed by atoms with van der Waals surface area (Å²) in [6.07, 6.45) is 0.0320. The molecule has 3 N–H and O–H groups in total. The molecule has 2 rings (SSSR count). The first-order valence-electron chi connectivity index (χ1n) is 8.12. The van der Waals surface area contributed by atoms with Crippen molar-refractivity contribution in [3.63, 3.8) is 0 Å². The monoisotopic (exact) mass is 394 g/mol. The third-order valence-corrected chi connectivity index (χ3v) is 4.01. The van der Waals surface area contributed by atoms with Gasteiger partial charge in [0.05, 0.1) is 25.3 Å². The van der Waals surface area contributed by atoms with Crippen LogP contribution in [0.5, 0.6) is 0 Å². The van der Waals surface area contributed by atoms with E-state index in [0.29, 0.717) is 17.4 Å². The smallest absolute Gasteiger partial charge is 0.315 e. The molecule has 0 aliphatic carbocycles. The summed E-state index contributed by atoms with van der Waals surface area (Å²) in [5.41, 5.74) is 1.23. The largest absolute Gasteiger partial charge is 0.466 e. The fourth-order valence-electron chi connectivity index (χ4n) is 1.98. The van der Waals surface area contributed by atoms with E-state index in [1.54, 1.807) is 24.4 Å². The van der Waals surface area contributed by atoms with Crippen LogP contribution in [0.4, 0.5) is 14.3 Å². The van der Waals surface area contributed by atoms with Crippen molar-refractivity contribution in [3.05, 3.63) is 46.7 Å².